The molecule has 1 saturated carbocycles. The van der Waals surface area contributed by atoms with E-state index in [1.54, 1.807) is 0 Å². The van der Waals surface area contributed by atoms with Crippen LogP contribution >= 0.6 is 0 Å². The van der Waals surface area contributed by atoms with E-state index in [0.29, 0.717) is 0 Å². The van der Waals surface area contributed by atoms with Crippen molar-refractivity contribution in [1.82, 2.24) is 0 Å². The van der Waals surface area contributed by atoms with Crippen molar-refractivity contribution in [3.63, 3.8) is 0 Å². The molecule has 18 heavy (non-hydrogen) atoms. The zero-order valence-corrected chi connectivity index (χ0v) is 11.3. The van der Waals surface area contributed by atoms with Crippen LogP contribution in [0.5, 0.6) is 5.75 Å². The molecule has 96 valence electrons. The fourth-order valence-corrected chi connectivity index (χ4v) is 3.16. The van der Waals surface area contributed by atoms with Crippen LogP contribution in [0.4, 0.5) is 5.69 Å². The molecular formula is C14H21BN2O. The smallest absolute Gasteiger partial charge is 0.147 e. The van der Waals surface area contributed by atoms with Crippen LogP contribution in [-0.4, -0.2) is 20.0 Å². The molecule has 1 fully saturated rings. The summed E-state index contributed by atoms with van der Waals surface area (Å²) in [5, 5.41) is 3.40. The van der Waals surface area contributed by atoms with Gasteiger partial charge >= 0.3 is 0 Å². The highest BCUT2D eigenvalue weighted by molar-refractivity contribution is 6.32. The number of benzene rings is 1. The standard InChI is InChI=1S/C14H21BN2O/c1-2-17-12-7-9(15)6-10-11(16)8-14(4-3-5-14)18-13(10)12/h6-7,11,17H,2-5,8,15-16H2,1H3/t11-/m0/s1. The SMILES string of the molecule is Bc1cc(NCC)c2c(c1)[C@@H](N)CC1(CCC1)O2. The normalized spacial score (nSPS) is 24.0. The second kappa shape index (κ2) is 4.20. The maximum atomic E-state index is 6.36. The van der Waals surface area contributed by atoms with Crippen molar-refractivity contribution >= 4 is 19.0 Å². The summed E-state index contributed by atoms with van der Waals surface area (Å²) in [4.78, 5) is 0. The van der Waals surface area contributed by atoms with Crippen LogP contribution in [0.15, 0.2) is 12.1 Å². The molecule has 3 rings (SSSR count). The Kier molecular flexibility index (Phi) is 2.78. The van der Waals surface area contributed by atoms with Gasteiger partial charge in [-0.15, -0.1) is 0 Å². The highest BCUT2D eigenvalue weighted by Crippen LogP contribution is 2.50. The van der Waals surface area contributed by atoms with Crippen LogP contribution in [0.25, 0.3) is 0 Å². The summed E-state index contributed by atoms with van der Waals surface area (Å²) in [6.45, 7) is 3.01. The molecule has 0 unspecified atom stereocenters. The molecule has 1 heterocycles. The predicted octanol–water partition coefficient (Wildman–Crippen LogP) is 1.08. The number of ether oxygens (including phenoxy) is 1. The van der Waals surface area contributed by atoms with Gasteiger partial charge in [-0.1, -0.05) is 11.5 Å². The lowest BCUT2D eigenvalue weighted by Gasteiger charge is -2.47. The topological polar surface area (TPSA) is 47.3 Å². The maximum absolute atomic E-state index is 6.36. The summed E-state index contributed by atoms with van der Waals surface area (Å²) in [7, 11) is 2.11. The molecule has 4 heteroatoms. The number of hydrogen-bond acceptors (Lipinski definition) is 3. The van der Waals surface area contributed by atoms with Crippen LogP contribution < -0.4 is 21.3 Å². The highest BCUT2D eigenvalue weighted by atomic mass is 16.5. The van der Waals surface area contributed by atoms with E-state index in [1.807, 2.05) is 0 Å². The largest absolute Gasteiger partial charge is 0.485 e. The zero-order valence-electron chi connectivity index (χ0n) is 11.3. The van der Waals surface area contributed by atoms with Gasteiger partial charge in [0.05, 0.1) is 5.69 Å². The Morgan fingerprint density at radius 3 is 2.89 bits per heavy atom. The first-order valence-corrected chi connectivity index (χ1v) is 6.96. The number of nitrogens with two attached hydrogens (primary N) is 1. The Balaban J connectivity index is 2.04. The van der Waals surface area contributed by atoms with Crippen molar-refractivity contribution in [1.29, 1.82) is 0 Å². The molecule has 1 spiro atoms. The molecule has 0 saturated heterocycles. The van der Waals surface area contributed by atoms with Gasteiger partial charge in [0.1, 0.15) is 19.2 Å². The molecule has 1 aliphatic heterocycles. The number of anilines is 1. The predicted molar refractivity (Wildman–Crippen MR) is 77.5 cm³/mol. The minimum atomic E-state index is 0.0336. The molecule has 0 bridgehead atoms. The van der Waals surface area contributed by atoms with E-state index in [4.69, 9.17) is 10.5 Å². The summed E-state index contributed by atoms with van der Waals surface area (Å²) in [5.74, 6) is 1.00. The Hall–Kier alpha value is -1.16. The Morgan fingerprint density at radius 1 is 1.50 bits per heavy atom. The van der Waals surface area contributed by atoms with Gasteiger partial charge in [0, 0.05) is 24.6 Å². The molecule has 2 aliphatic rings. The first-order valence-electron chi connectivity index (χ1n) is 6.96. The van der Waals surface area contributed by atoms with E-state index in [0.717, 1.165) is 37.2 Å². The van der Waals surface area contributed by atoms with E-state index in [1.165, 1.54) is 17.4 Å². The first kappa shape index (κ1) is 11.9. The molecule has 1 aromatic rings. The lowest BCUT2D eigenvalue weighted by atomic mass is 9.72. The quantitative estimate of drug-likeness (QED) is 0.765. The lowest BCUT2D eigenvalue weighted by Crippen LogP contribution is -2.48. The van der Waals surface area contributed by atoms with Gasteiger partial charge in [-0.25, -0.2) is 0 Å². The minimum absolute atomic E-state index is 0.0336. The van der Waals surface area contributed by atoms with Crippen LogP contribution in [0, 0.1) is 0 Å². The molecule has 1 atom stereocenters. The Bertz CT molecular complexity index is 471. The van der Waals surface area contributed by atoms with Crippen molar-refractivity contribution in [3.8, 4) is 5.75 Å². The number of fused-ring (bicyclic) bond motifs is 1. The van der Waals surface area contributed by atoms with Crippen molar-refractivity contribution in [2.75, 3.05) is 11.9 Å². The monoisotopic (exact) mass is 244 g/mol. The van der Waals surface area contributed by atoms with Crippen LogP contribution in [0.2, 0.25) is 0 Å². The van der Waals surface area contributed by atoms with Crippen LogP contribution in [0.1, 0.15) is 44.2 Å². The molecule has 0 aromatic heterocycles. The van der Waals surface area contributed by atoms with Crippen molar-refractivity contribution in [3.05, 3.63) is 17.7 Å². The van der Waals surface area contributed by atoms with E-state index in [-0.39, 0.29) is 11.6 Å². The third kappa shape index (κ3) is 1.79. The summed E-state index contributed by atoms with van der Waals surface area (Å²) in [6, 6.07) is 4.45. The maximum Gasteiger partial charge on any atom is 0.147 e. The molecule has 0 amide bonds. The number of hydrogen-bond donors (Lipinski definition) is 2. The Morgan fingerprint density at radius 2 is 2.28 bits per heavy atom. The van der Waals surface area contributed by atoms with Gasteiger partial charge in [-0.3, -0.25) is 0 Å². The van der Waals surface area contributed by atoms with E-state index in [9.17, 15) is 0 Å². The number of rotatable bonds is 2. The van der Waals surface area contributed by atoms with Gasteiger partial charge in [-0.05, 0) is 32.3 Å². The summed E-state index contributed by atoms with van der Waals surface area (Å²) in [5.41, 5.74) is 9.91. The average Bonchev–Trinajstić information content (AvgIpc) is 2.28. The lowest BCUT2D eigenvalue weighted by molar-refractivity contribution is -0.0322. The van der Waals surface area contributed by atoms with Crippen molar-refractivity contribution in [2.24, 2.45) is 5.73 Å². The van der Waals surface area contributed by atoms with Gasteiger partial charge in [-0.2, -0.15) is 0 Å². The fourth-order valence-electron chi connectivity index (χ4n) is 3.16. The summed E-state index contributed by atoms with van der Waals surface area (Å²) >= 11 is 0. The third-order valence-corrected chi connectivity index (χ3v) is 4.20. The molecule has 0 radical (unpaired) electrons. The molecule has 1 aromatic carbocycles. The third-order valence-electron chi connectivity index (χ3n) is 4.20. The van der Waals surface area contributed by atoms with Gasteiger partial charge in [0.15, 0.2) is 0 Å². The summed E-state index contributed by atoms with van der Waals surface area (Å²) in [6.07, 6.45) is 4.54. The minimum Gasteiger partial charge on any atom is -0.485 e. The number of nitrogens with one attached hydrogen (secondary N) is 1. The average molecular weight is 244 g/mol. The highest BCUT2D eigenvalue weighted by Gasteiger charge is 2.45. The van der Waals surface area contributed by atoms with Gasteiger partial charge in [0.25, 0.3) is 0 Å². The van der Waals surface area contributed by atoms with Crippen LogP contribution in [-0.2, 0) is 0 Å². The summed E-state index contributed by atoms with van der Waals surface area (Å²) < 4.78 is 6.32. The second-order valence-electron chi connectivity index (χ2n) is 5.71. The first-order chi connectivity index (χ1) is 8.63. The molecular weight excluding hydrogens is 223 g/mol. The van der Waals surface area contributed by atoms with Crippen LogP contribution in [0.3, 0.4) is 0 Å². The fraction of sp³-hybridized carbons (Fsp3) is 0.571. The zero-order chi connectivity index (χ0) is 12.8. The van der Waals surface area contributed by atoms with Crippen molar-refractivity contribution < 1.29 is 4.74 Å². The Labute approximate surface area is 109 Å². The van der Waals surface area contributed by atoms with E-state index < -0.39 is 0 Å². The molecule has 3 N–H and O–H groups in total. The van der Waals surface area contributed by atoms with E-state index >= 15 is 0 Å². The molecule has 3 nitrogen and oxygen atoms in total. The van der Waals surface area contributed by atoms with Gasteiger partial charge < -0.3 is 15.8 Å². The van der Waals surface area contributed by atoms with E-state index in [2.05, 4.69) is 32.2 Å². The van der Waals surface area contributed by atoms with Crippen molar-refractivity contribution in [2.45, 2.75) is 44.2 Å². The second-order valence-corrected chi connectivity index (χ2v) is 5.71. The molecule has 1 aliphatic carbocycles. The van der Waals surface area contributed by atoms with Gasteiger partial charge in [0.2, 0.25) is 0 Å².